The summed E-state index contributed by atoms with van der Waals surface area (Å²) in [4.78, 5) is 59.3. The summed E-state index contributed by atoms with van der Waals surface area (Å²) in [5, 5.41) is 11.2. The quantitative estimate of drug-likeness (QED) is 0.341. The molecule has 2 aromatic carbocycles. The molecule has 0 bridgehead atoms. The summed E-state index contributed by atoms with van der Waals surface area (Å²) in [6.07, 6.45) is 2.13. The van der Waals surface area contributed by atoms with Gasteiger partial charge in [0.2, 0.25) is 5.91 Å². The van der Waals surface area contributed by atoms with Gasteiger partial charge in [-0.25, -0.2) is 4.98 Å². The fraction of sp³-hybridized carbons (Fsp3) is 0.333. The molecule has 10 nitrogen and oxygen atoms in total. The van der Waals surface area contributed by atoms with Gasteiger partial charge in [-0.15, -0.1) is 0 Å². The zero-order valence-electron chi connectivity index (χ0n) is 18.4. The van der Waals surface area contributed by atoms with Gasteiger partial charge < -0.3 is 9.88 Å². The van der Waals surface area contributed by atoms with Crippen LogP contribution in [0.1, 0.15) is 58.1 Å². The van der Waals surface area contributed by atoms with Crippen LogP contribution in [0.4, 0.5) is 5.69 Å². The number of carbonyl (C=O) groups is 3. The van der Waals surface area contributed by atoms with Gasteiger partial charge >= 0.3 is 0 Å². The van der Waals surface area contributed by atoms with E-state index in [1.807, 2.05) is 29.2 Å². The molecule has 0 saturated carbocycles. The largest absolute Gasteiger partial charge is 0.343 e. The predicted octanol–water partition coefficient (Wildman–Crippen LogP) is 3.25. The Labute approximate surface area is 194 Å². The van der Waals surface area contributed by atoms with Crippen molar-refractivity contribution in [2.75, 3.05) is 19.6 Å². The molecule has 1 fully saturated rings. The minimum Gasteiger partial charge on any atom is -0.343 e. The first-order valence-electron chi connectivity index (χ1n) is 11.3. The van der Waals surface area contributed by atoms with E-state index in [-0.39, 0.29) is 41.6 Å². The second kappa shape index (κ2) is 8.69. The number of benzene rings is 2. The average molecular weight is 461 g/mol. The summed E-state index contributed by atoms with van der Waals surface area (Å²) in [7, 11) is 0. The minimum atomic E-state index is -0.675. The van der Waals surface area contributed by atoms with Crippen LogP contribution >= 0.6 is 0 Å². The first-order chi connectivity index (χ1) is 16.4. The third-order valence-electron chi connectivity index (χ3n) is 6.59. The summed E-state index contributed by atoms with van der Waals surface area (Å²) >= 11 is 0. The highest BCUT2D eigenvalue weighted by Gasteiger charge is 2.40. The van der Waals surface area contributed by atoms with Crippen LogP contribution in [0.15, 0.2) is 42.5 Å². The van der Waals surface area contributed by atoms with Crippen molar-refractivity contribution < 1.29 is 19.3 Å². The van der Waals surface area contributed by atoms with Crippen molar-refractivity contribution in [3.8, 4) is 0 Å². The molecule has 0 aliphatic carbocycles. The number of para-hydroxylation sites is 2. The number of rotatable bonds is 6. The Morgan fingerprint density at radius 3 is 2.59 bits per heavy atom. The van der Waals surface area contributed by atoms with Crippen LogP contribution in [0.3, 0.4) is 0 Å². The van der Waals surface area contributed by atoms with Crippen LogP contribution < -0.4 is 0 Å². The molecule has 3 amide bonds. The highest BCUT2D eigenvalue weighted by Crippen LogP contribution is 2.31. The van der Waals surface area contributed by atoms with E-state index in [0.29, 0.717) is 19.5 Å². The van der Waals surface area contributed by atoms with E-state index in [0.717, 1.165) is 34.6 Å². The van der Waals surface area contributed by atoms with Crippen molar-refractivity contribution >= 4 is 34.4 Å². The number of nitrogens with zero attached hydrogens (tertiary/aromatic N) is 4. The summed E-state index contributed by atoms with van der Waals surface area (Å²) in [6.45, 7) is 1.30. The molecule has 5 rings (SSSR count). The fourth-order valence-electron chi connectivity index (χ4n) is 4.79. The Morgan fingerprint density at radius 2 is 1.85 bits per heavy atom. The number of aromatic amines is 1. The number of hydrogen-bond acceptors (Lipinski definition) is 6. The third kappa shape index (κ3) is 3.81. The van der Waals surface area contributed by atoms with Crippen LogP contribution in [-0.4, -0.2) is 62.0 Å². The molecule has 1 saturated heterocycles. The van der Waals surface area contributed by atoms with Gasteiger partial charge in [0.1, 0.15) is 11.4 Å². The zero-order valence-corrected chi connectivity index (χ0v) is 18.4. The molecule has 1 N–H and O–H groups in total. The number of hydrogen-bond donors (Lipinski definition) is 1. The van der Waals surface area contributed by atoms with Crippen molar-refractivity contribution in [2.45, 2.75) is 31.6 Å². The highest BCUT2D eigenvalue weighted by atomic mass is 16.6. The lowest BCUT2D eigenvalue weighted by Crippen LogP contribution is -2.38. The number of H-pyrrole nitrogens is 1. The SMILES string of the molecule is O=C(CCCN1C(=O)c2cccc([N+](=O)[O-])c2C1=O)N1CCC(c2nc3ccccc3[nH]2)CC1. The molecule has 3 heterocycles. The maximum atomic E-state index is 12.7. The van der Waals surface area contributed by atoms with Crippen LogP contribution in [0.5, 0.6) is 0 Å². The minimum absolute atomic E-state index is 0.0226. The van der Waals surface area contributed by atoms with Crippen LogP contribution in [0.25, 0.3) is 11.0 Å². The lowest BCUT2D eigenvalue weighted by atomic mass is 9.96. The van der Waals surface area contributed by atoms with E-state index in [4.69, 9.17) is 0 Å². The highest BCUT2D eigenvalue weighted by molar-refractivity contribution is 6.23. The second-order valence-corrected chi connectivity index (χ2v) is 8.62. The van der Waals surface area contributed by atoms with Gasteiger partial charge in [0.15, 0.2) is 0 Å². The number of fused-ring (bicyclic) bond motifs is 2. The summed E-state index contributed by atoms with van der Waals surface area (Å²) in [5.41, 5.74) is 1.44. The topological polar surface area (TPSA) is 130 Å². The molecule has 34 heavy (non-hydrogen) atoms. The number of nitro groups is 1. The van der Waals surface area contributed by atoms with E-state index in [1.165, 1.54) is 18.2 Å². The lowest BCUT2D eigenvalue weighted by molar-refractivity contribution is -0.385. The maximum Gasteiger partial charge on any atom is 0.282 e. The number of amides is 3. The first-order valence-corrected chi connectivity index (χ1v) is 11.3. The number of imide groups is 1. The van der Waals surface area contributed by atoms with Crippen LogP contribution in [-0.2, 0) is 4.79 Å². The molecule has 2 aliphatic heterocycles. The molecular weight excluding hydrogens is 438 g/mol. The predicted molar refractivity (Wildman–Crippen MR) is 122 cm³/mol. The number of likely N-dealkylation sites (tertiary alicyclic amines) is 1. The first kappa shape index (κ1) is 21.7. The maximum absolute atomic E-state index is 12.7. The van der Waals surface area contributed by atoms with E-state index >= 15 is 0 Å². The summed E-state index contributed by atoms with van der Waals surface area (Å²) < 4.78 is 0. The number of carbonyl (C=O) groups excluding carboxylic acids is 3. The van der Waals surface area contributed by atoms with E-state index in [2.05, 4.69) is 9.97 Å². The molecule has 0 atom stereocenters. The zero-order chi connectivity index (χ0) is 23.8. The van der Waals surface area contributed by atoms with Crippen molar-refractivity contribution in [1.82, 2.24) is 19.8 Å². The monoisotopic (exact) mass is 461 g/mol. The number of nitrogens with one attached hydrogen (secondary N) is 1. The van der Waals surface area contributed by atoms with Gasteiger partial charge in [-0.3, -0.25) is 29.4 Å². The number of imidazole rings is 1. The number of nitro benzene ring substituents is 1. The van der Waals surface area contributed by atoms with Gasteiger partial charge in [-0.1, -0.05) is 18.2 Å². The fourth-order valence-corrected chi connectivity index (χ4v) is 4.79. The Kier molecular flexibility index (Phi) is 5.56. The van der Waals surface area contributed by atoms with Gasteiger partial charge in [0.25, 0.3) is 17.5 Å². The van der Waals surface area contributed by atoms with Gasteiger partial charge in [0.05, 0.1) is 21.5 Å². The Hall–Kier alpha value is -4.08. The van der Waals surface area contributed by atoms with Crippen LogP contribution in [0, 0.1) is 10.1 Å². The molecule has 1 aromatic heterocycles. The summed E-state index contributed by atoms with van der Waals surface area (Å²) in [6, 6.07) is 11.9. The average Bonchev–Trinajstić information content (AvgIpc) is 3.39. The molecule has 174 valence electrons. The second-order valence-electron chi connectivity index (χ2n) is 8.62. The standard InChI is InChI=1S/C24H23N5O5/c30-20(27-13-10-15(11-14-27)22-25-17-6-1-2-7-18(17)26-22)9-4-12-28-23(31)16-5-3-8-19(29(33)34)21(16)24(28)32/h1-3,5-8,15H,4,9-14H2,(H,25,26). The molecule has 0 radical (unpaired) electrons. The number of aromatic nitrogens is 2. The third-order valence-corrected chi connectivity index (χ3v) is 6.59. The lowest BCUT2D eigenvalue weighted by Gasteiger charge is -2.31. The molecule has 0 spiro atoms. The van der Waals surface area contributed by atoms with Crippen LogP contribution in [0.2, 0.25) is 0 Å². The molecule has 10 heteroatoms. The van der Waals surface area contributed by atoms with Gasteiger partial charge in [-0.05, 0) is 37.5 Å². The summed E-state index contributed by atoms with van der Waals surface area (Å²) in [5.74, 6) is -0.0292. The Balaban J connectivity index is 1.14. The smallest absolute Gasteiger partial charge is 0.282 e. The van der Waals surface area contributed by atoms with E-state index in [1.54, 1.807) is 0 Å². The molecule has 2 aliphatic rings. The van der Waals surface area contributed by atoms with Gasteiger partial charge in [-0.2, -0.15) is 0 Å². The van der Waals surface area contributed by atoms with Crippen molar-refractivity contribution in [3.63, 3.8) is 0 Å². The van der Waals surface area contributed by atoms with E-state index in [9.17, 15) is 24.5 Å². The number of piperidine rings is 1. The Bertz CT molecular complexity index is 1280. The van der Waals surface area contributed by atoms with E-state index < -0.39 is 16.7 Å². The van der Waals surface area contributed by atoms with Crippen molar-refractivity contribution in [1.29, 1.82) is 0 Å². The molecule has 0 unspecified atom stereocenters. The van der Waals surface area contributed by atoms with Crippen molar-refractivity contribution in [3.05, 3.63) is 69.5 Å². The Morgan fingerprint density at radius 1 is 1.09 bits per heavy atom. The molecular formula is C24H23N5O5. The molecule has 3 aromatic rings. The van der Waals surface area contributed by atoms with Gasteiger partial charge in [0, 0.05) is 38.0 Å². The van der Waals surface area contributed by atoms with Crippen molar-refractivity contribution in [2.24, 2.45) is 0 Å². The normalized spacial score (nSPS) is 16.4.